The van der Waals surface area contributed by atoms with Gasteiger partial charge in [0.2, 0.25) is 0 Å². The zero-order chi connectivity index (χ0) is 10.4. The number of hydrogen-bond acceptors (Lipinski definition) is 2. The second kappa shape index (κ2) is 5.97. The molecule has 0 aliphatic heterocycles. The first-order valence-corrected chi connectivity index (χ1v) is 5.66. The Morgan fingerprint density at radius 3 is 2.57 bits per heavy atom. The summed E-state index contributed by atoms with van der Waals surface area (Å²) in [6.45, 7) is 4.30. The Labute approximate surface area is 90.7 Å². The Hall–Kier alpha value is -0.630. The molecular weight excluding hydrogens is 196 g/mol. The minimum Gasteiger partial charge on any atom is -0.238 e. The molecule has 78 valence electrons. The molecule has 0 fully saturated rings. The highest BCUT2D eigenvalue weighted by Gasteiger charge is 2.02. The van der Waals surface area contributed by atoms with Crippen molar-refractivity contribution in [1.82, 2.24) is 9.97 Å². The summed E-state index contributed by atoms with van der Waals surface area (Å²) >= 11 is 5.91. The molecule has 0 radical (unpaired) electrons. The maximum atomic E-state index is 5.91. The third-order valence-corrected chi connectivity index (χ3v) is 2.25. The standard InChI is InChI=1S/C11H17ClN2/c1-3-5-7-11-13-9(6-4-2)8-10(12)14-11/h8H,3-7H2,1-2H3. The largest absolute Gasteiger partial charge is 0.238 e. The molecule has 1 aromatic heterocycles. The molecule has 0 amide bonds. The van der Waals surface area contributed by atoms with Gasteiger partial charge in [0.1, 0.15) is 11.0 Å². The summed E-state index contributed by atoms with van der Waals surface area (Å²) in [6.07, 6.45) is 5.32. The summed E-state index contributed by atoms with van der Waals surface area (Å²) in [5.41, 5.74) is 1.07. The van der Waals surface area contributed by atoms with E-state index < -0.39 is 0 Å². The van der Waals surface area contributed by atoms with Gasteiger partial charge in [-0.3, -0.25) is 0 Å². The second-order valence-electron chi connectivity index (χ2n) is 3.45. The summed E-state index contributed by atoms with van der Waals surface area (Å²) in [6, 6.07) is 1.86. The van der Waals surface area contributed by atoms with E-state index >= 15 is 0 Å². The number of halogens is 1. The third kappa shape index (κ3) is 3.62. The molecule has 0 aromatic carbocycles. The predicted molar refractivity (Wildman–Crippen MR) is 59.6 cm³/mol. The first-order chi connectivity index (χ1) is 6.76. The van der Waals surface area contributed by atoms with Crippen LogP contribution in [0, 0.1) is 0 Å². The topological polar surface area (TPSA) is 25.8 Å². The lowest BCUT2D eigenvalue weighted by atomic mass is 10.2. The molecule has 0 saturated carbocycles. The van der Waals surface area contributed by atoms with Crippen LogP contribution >= 0.6 is 11.6 Å². The summed E-state index contributed by atoms with van der Waals surface area (Å²) in [5.74, 6) is 0.891. The molecule has 0 saturated heterocycles. The highest BCUT2D eigenvalue weighted by molar-refractivity contribution is 6.29. The van der Waals surface area contributed by atoms with Gasteiger partial charge in [-0.1, -0.05) is 38.3 Å². The Morgan fingerprint density at radius 2 is 1.93 bits per heavy atom. The van der Waals surface area contributed by atoms with Crippen molar-refractivity contribution in [2.24, 2.45) is 0 Å². The molecule has 2 nitrogen and oxygen atoms in total. The fraction of sp³-hybridized carbons (Fsp3) is 0.636. The average Bonchev–Trinajstić information content (AvgIpc) is 2.14. The number of aromatic nitrogens is 2. The summed E-state index contributed by atoms with van der Waals surface area (Å²) in [5, 5.41) is 0.578. The summed E-state index contributed by atoms with van der Waals surface area (Å²) in [7, 11) is 0. The van der Waals surface area contributed by atoms with Gasteiger partial charge in [0.05, 0.1) is 0 Å². The van der Waals surface area contributed by atoms with Crippen molar-refractivity contribution in [3.8, 4) is 0 Å². The average molecular weight is 213 g/mol. The summed E-state index contributed by atoms with van der Waals surface area (Å²) in [4.78, 5) is 8.67. The lowest BCUT2D eigenvalue weighted by Gasteiger charge is -2.03. The molecule has 0 aliphatic rings. The van der Waals surface area contributed by atoms with Crippen molar-refractivity contribution in [2.45, 2.75) is 46.0 Å². The smallest absolute Gasteiger partial charge is 0.133 e. The van der Waals surface area contributed by atoms with E-state index in [4.69, 9.17) is 11.6 Å². The van der Waals surface area contributed by atoms with E-state index in [0.29, 0.717) is 5.15 Å². The van der Waals surface area contributed by atoms with Gasteiger partial charge in [-0.2, -0.15) is 0 Å². The van der Waals surface area contributed by atoms with E-state index in [0.717, 1.165) is 37.2 Å². The van der Waals surface area contributed by atoms with Crippen molar-refractivity contribution >= 4 is 11.6 Å². The first kappa shape index (κ1) is 11.4. The van der Waals surface area contributed by atoms with Crippen LogP contribution < -0.4 is 0 Å². The van der Waals surface area contributed by atoms with Crippen molar-refractivity contribution in [3.63, 3.8) is 0 Å². The normalized spacial score (nSPS) is 10.5. The Morgan fingerprint density at radius 1 is 1.14 bits per heavy atom. The van der Waals surface area contributed by atoms with Gasteiger partial charge in [-0.25, -0.2) is 9.97 Å². The minimum atomic E-state index is 0.578. The molecule has 0 bridgehead atoms. The number of aryl methyl sites for hydroxylation is 2. The van der Waals surface area contributed by atoms with Gasteiger partial charge in [-0.15, -0.1) is 0 Å². The van der Waals surface area contributed by atoms with Crippen LogP contribution in [-0.2, 0) is 12.8 Å². The van der Waals surface area contributed by atoms with Crippen LogP contribution in [0.1, 0.15) is 44.6 Å². The zero-order valence-electron chi connectivity index (χ0n) is 8.89. The molecule has 1 rings (SSSR count). The Kier molecular flexibility index (Phi) is 4.88. The quantitative estimate of drug-likeness (QED) is 0.699. The van der Waals surface area contributed by atoms with Crippen molar-refractivity contribution in [3.05, 3.63) is 22.7 Å². The molecule has 1 heterocycles. The van der Waals surface area contributed by atoms with Crippen LogP contribution in [0.3, 0.4) is 0 Å². The SMILES string of the molecule is CCCCc1nc(Cl)cc(CCC)n1. The van der Waals surface area contributed by atoms with Crippen LogP contribution in [0.4, 0.5) is 0 Å². The second-order valence-corrected chi connectivity index (χ2v) is 3.84. The van der Waals surface area contributed by atoms with E-state index in [-0.39, 0.29) is 0 Å². The third-order valence-electron chi connectivity index (χ3n) is 2.05. The van der Waals surface area contributed by atoms with Crippen molar-refractivity contribution in [1.29, 1.82) is 0 Å². The van der Waals surface area contributed by atoms with Crippen molar-refractivity contribution < 1.29 is 0 Å². The van der Waals surface area contributed by atoms with E-state index in [1.807, 2.05) is 6.07 Å². The fourth-order valence-corrected chi connectivity index (χ4v) is 1.57. The predicted octanol–water partition coefficient (Wildman–Crippen LogP) is 3.43. The zero-order valence-corrected chi connectivity index (χ0v) is 9.64. The fourth-order valence-electron chi connectivity index (χ4n) is 1.35. The number of unbranched alkanes of at least 4 members (excludes halogenated alkanes) is 1. The Balaban J connectivity index is 2.73. The summed E-state index contributed by atoms with van der Waals surface area (Å²) < 4.78 is 0. The van der Waals surface area contributed by atoms with Crippen LogP contribution in [-0.4, -0.2) is 9.97 Å². The highest BCUT2D eigenvalue weighted by Crippen LogP contribution is 2.10. The number of nitrogens with zero attached hydrogens (tertiary/aromatic N) is 2. The lowest BCUT2D eigenvalue weighted by molar-refractivity contribution is 0.738. The molecule has 0 N–H and O–H groups in total. The molecule has 0 aliphatic carbocycles. The van der Waals surface area contributed by atoms with E-state index in [2.05, 4.69) is 23.8 Å². The van der Waals surface area contributed by atoms with Gasteiger partial charge < -0.3 is 0 Å². The van der Waals surface area contributed by atoms with Gasteiger partial charge in [0.15, 0.2) is 0 Å². The van der Waals surface area contributed by atoms with Crippen LogP contribution in [0.15, 0.2) is 6.07 Å². The Bertz CT molecular complexity index is 287. The molecule has 0 atom stereocenters. The van der Waals surface area contributed by atoms with Gasteiger partial charge in [-0.05, 0) is 18.9 Å². The van der Waals surface area contributed by atoms with Gasteiger partial charge in [0.25, 0.3) is 0 Å². The molecule has 14 heavy (non-hydrogen) atoms. The molecule has 0 spiro atoms. The molecule has 0 unspecified atom stereocenters. The van der Waals surface area contributed by atoms with E-state index in [9.17, 15) is 0 Å². The highest BCUT2D eigenvalue weighted by atomic mass is 35.5. The van der Waals surface area contributed by atoms with Crippen molar-refractivity contribution in [2.75, 3.05) is 0 Å². The van der Waals surface area contributed by atoms with Gasteiger partial charge in [0, 0.05) is 12.1 Å². The molecule has 1 aromatic rings. The lowest BCUT2D eigenvalue weighted by Crippen LogP contribution is -1.99. The van der Waals surface area contributed by atoms with Crippen LogP contribution in [0.5, 0.6) is 0 Å². The van der Waals surface area contributed by atoms with E-state index in [1.54, 1.807) is 0 Å². The maximum absolute atomic E-state index is 5.91. The minimum absolute atomic E-state index is 0.578. The number of hydrogen-bond donors (Lipinski definition) is 0. The molecule has 3 heteroatoms. The van der Waals surface area contributed by atoms with Gasteiger partial charge >= 0.3 is 0 Å². The maximum Gasteiger partial charge on any atom is 0.133 e. The van der Waals surface area contributed by atoms with Crippen LogP contribution in [0.2, 0.25) is 5.15 Å². The monoisotopic (exact) mass is 212 g/mol. The van der Waals surface area contributed by atoms with Crippen LogP contribution in [0.25, 0.3) is 0 Å². The first-order valence-electron chi connectivity index (χ1n) is 5.28. The van der Waals surface area contributed by atoms with E-state index in [1.165, 1.54) is 6.42 Å². The number of rotatable bonds is 5. The molecular formula is C11H17ClN2.